The van der Waals surface area contributed by atoms with Crippen LogP contribution in [0.1, 0.15) is 16.5 Å². The minimum atomic E-state index is 0.214. The number of aromatic nitrogens is 1. The van der Waals surface area contributed by atoms with Crippen LogP contribution in [-0.4, -0.2) is 12.1 Å². The minimum Gasteiger partial charge on any atom is -0.497 e. The standard InChI is InChI=1S/C17H13N3O2S/c1-21-13-6-4-12(5-7-13)19-17-15(11-18)20-16(22-17)9-8-14-3-2-10-23-14/h2-10,19H,1H3/b9-8+. The molecule has 3 aromatic rings. The van der Waals surface area contributed by atoms with Gasteiger partial charge in [0.25, 0.3) is 0 Å². The van der Waals surface area contributed by atoms with Gasteiger partial charge < -0.3 is 14.5 Å². The summed E-state index contributed by atoms with van der Waals surface area (Å²) in [5, 5.41) is 14.2. The molecule has 0 saturated heterocycles. The van der Waals surface area contributed by atoms with Gasteiger partial charge in [-0.05, 0) is 41.8 Å². The summed E-state index contributed by atoms with van der Waals surface area (Å²) in [7, 11) is 1.61. The number of hydrogen-bond donors (Lipinski definition) is 1. The van der Waals surface area contributed by atoms with Crippen molar-refractivity contribution in [2.75, 3.05) is 12.4 Å². The fraction of sp³-hybridized carbons (Fsp3) is 0.0588. The van der Waals surface area contributed by atoms with Crippen molar-refractivity contribution >= 4 is 35.1 Å². The van der Waals surface area contributed by atoms with E-state index in [4.69, 9.17) is 9.15 Å². The van der Waals surface area contributed by atoms with E-state index in [1.165, 1.54) is 0 Å². The zero-order valence-electron chi connectivity index (χ0n) is 12.3. The van der Waals surface area contributed by atoms with Crippen LogP contribution in [0.15, 0.2) is 46.2 Å². The van der Waals surface area contributed by atoms with E-state index in [1.807, 2.05) is 53.9 Å². The summed E-state index contributed by atoms with van der Waals surface area (Å²) in [4.78, 5) is 5.25. The highest BCUT2D eigenvalue weighted by Crippen LogP contribution is 2.24. The highest BCUT2D eigenvalue weighted by molar-refractivity contribution is 7.10. The van der Waals surface area contributed by atoms with Gasteiger partial charge in [-0.3, -0.25) is 0 Å². The highest BCUT2D eigenvalue weighted by atomic mass is 32.1. The Labute approximate surface area is 137 Å². The Morgan fingerprint density at radius 2 is 2.09 bits per heavy atom. The van der Waals surface area contributed by atoms with E-state index in [0.717, 1.165) is 16.3 Å². The predicted octanol–water partition coefficient (Wildman–Crippen LogP) is 4.53. The smallest absolute Gasteiger partial charge is 0.236 e. The van der Waals surface area contributed by atoms with E-state index in [-0.39, 0.29) is 5.69 Å². The molecule has 1 aromatic carbocycles. The van der Waals surface area contributed by atoms with E-state index in [9.17, 15) is 5.26 Å². The number of benzene rings is 1. The predicted molar refractivity (Wildman–Crippen MR) is 90.7 cm³/mol. The first-order valence-corrected chi connectivity index (χ1v) is 7.70. The molecule has 3 rings (SSSR count). The Morgan fingerprint density at radius 1 is 1.26 bits per heavy atom. The van der Waals surface area contributed by atoms with E-state index >= 15 is 0 Å². The van der Waals surface area contributed by atoms with Crippen molar-refractivity contribution in [1.82, 2.24) is 4.98 Å². The zero-order valence-corrected chi connectivity index (χ0v) is 13.1. The van der Waals surface area contributed by atoms with Crippen LogP contribution < -0.4 is 10.1 Å². The van der Waals surface area contributed by atoms with Gasteiger partial charge in [-0.2, -0.15) is 10.2 Å². The topological polar surface area (TPSA) is 71.1 Å². The first-order valence-electron chi connectivity index (χ1n) is 6.82. The molecule has 6 heteroatoms. The number of rotatable bonds is 5. The van der Waals surface area contributed by atoms with Crippen LogP contribution in [0.5, 0.6) is 5.75 Å². The molecule has 0 unspecified atom stereocenters. The molecule has 0 radical (unpaired) electrons. The summed E-state index contributed by atoms with van der Waals surface area (Å²) in [6.07, 6.45) is 3.64. The Balaban J connectivity index is 1.80. The van der Waals surface area contributed by atoms with Gasteiger partial charge in [-0.1, -0.05) is 6.07 Å². The molecule has 0 aliphatic heterocycles. The molecule has 23 heavy (non-hydrogen) atoms. The third-order valence-corrected chi connectivity index (χ3v) is 3.87. The largest absolute Gasteiger partial charge is 0.497 e. The molecular weight excluding hydrogens is 310 g/mol. The van der Waals surface area contributed by atoms with Crippen LogP contribution in [0, 0.1) is 11.3 Å². The molecule has 0 saturated carbocycles. The molecule has 0 atom stereocenters. The SMILES string of the molecule is COc1ccc(Nc2oc(/C=C/c3cccs3)nc2C#N)cc1. The van der Waals surface area contributed by atoms with Gasteiger partial charge >= 0.3 is 0 Å². The van der Waals surface area contributed by atoms with Gasteiger partial charge in [0, 0.05) is 16.6 Å². The average molecular weight is 323 g/mol. The summed E-state index contributed by atoms with van der Waals surface area (Å²) in [5.41, 5.74) is 0.999. The van der Waals surface area contributed by atoms with Gasteiger partial charge in [-0.25, -0.2) is 0 Å². The maximum absolute atomic E-state index is 9.19. The van der Waals surface area contributed by atoms with Gasteiger partial charge in [0.1, 0.15) is 11.8 Å². The fourth-order valence-corrected chi connectivity index (χ4v) is 2.53. The summed E-state index contributed by atoms with van der Waals surface area (Å²) in [6, 6.07) is 13.3. The summed E-state index contributed by atoms with van der Waals surface area (Å²) in [6.45, 7) is 0. The number of anilines is 2. The second kappa shape index (κ2) is 6.81. The van der Waals surface area contributed by atoms with Crippen LogP contribution in [0.25, 0.3) is 12.2 Å². The van der Waals surface area contributed by atoms with Crippen molar-refractivity contribution < 1.29 is 9.15 Å². The summed E-state index contributed by atoms with van der Waals surface area (Å²) < 4.78 is 10.7. The molecule has 114 valence electrons. The zero-order chi connectivity index (χ0) is 16.1. The maximum Gasteiger partial charge on any atom is 0.236 e. The molecule has 0 aliphatic carbocycles. The Hall–Kier alpha value is -3.04. The lowest BCUT2D eigenvalue weighted by atomic mass is 10.3. The van der Waals surface area contributed by atoms with Crippen molar-refractivity contribution in [3.8, 4) is 11.8 Å². The van der Waals surface area contributed by atoms with Crippen LogP contribution in [-0.2, 0) is 0 Å². The number of oxazole rings is 1. The number of hydrogen-bond acceptors (Lipinski definition) is 6. The molecule has 0 amide bonds. The Kier molecular flexibility index (Phi) is 4.41. The van der Waals surface area contributed by atoms with Crippen LogP contribution in [0.3, 0.4) is 0 Å². The monoisotopic (exact) mass is 323 g/mol. The lowest BCUT2D eigenvalue weighted by Crippen LogP contribution is -1.91. The van der Waals surface area contributed by atoms with Crippen molar-refractivity contribution in [2.45, 2.75) is 0 Å². The number of methoxy groups -OCH3 is 1. The third kappa shape index (κ3) is 3.59. The third-order valence-electron chi connectivity index (χ3n) is 3.03. The number of nitriles is 1. The molecule has 0 aliphatic rings. The van der Waals surface area contributed by atoms with Gasteiger partial charge in [0.2, 0.25) is 17.5 Å². The van der Waals surface area contributed by atoms with Crippen LogP contribution in [0.2, 0.25) is 0 Å². The Morgan fingerprint density at radius 3 is 2.74 bits per heavy atom. The lowest BCUT2D eigenvalue weighted by molar-refractivity contribution is 0.415. The molecule has 1 N–H and O–H groups in total. The van der Waals surface area contributed by atoms with E-state index < -0.39 is 0 Å². The number of thiophene rings is 1. The molecule has 0 fully saturated rings. The average Bonchev–Trinajstić information content (AvgIpc) is 3.23. The molecule has 0 bridgehead atoms. The number of nitrogens with zero attached hydrogens (tertiary/aromatic N) is 2. The molecule has 0 spiro atoms. The molecule has 2 heterocycles. The van der Waals surface area contributed by atoms with Crippen molar-refractivity contribution in [2.24, 2.45) is 0 Å². The first kappa shape index (κ1) is 14.9. The highest BCUT2D eigenvalue weighted by Gasteiger charge is 2.11. The van der Waals surface area contributed by atoms with Gasteiger partial charge in [-0.15, -0.1) is 11.3 Å². The number of ether oxygens (including phenoxy) is 1. The van der Waals surface area contributed by atoms with Crippen molar-refractivity contribution in [1.29, 1.82) is 5.26 Å². The normalized spacial score (nSPS) is 10.6. The Bertz CT molecular complexity index is 843. The van der Waals surface area contributed by atoms with E-state index in [2.05, 4.69) is 10.3 Å². The first-order chi connectivity index (χ1) is 11.3. The molecule has 5 nitrogen and oxygen atoms in total. The second-order valence-corrected chi connectivity index (χ2v) is 5.52. The quantitative estimate of drug-likeness (QED) is 0.747. The second-order valence-electron chi connectivity index (χ2n) is 4.54. The summed E-state index contributed by atoms with van der Waals surface area (Å²) in [5.74, 6) is 1.46. The summed E-state index contributed by atoms with van der Waals surface area (Å²) >= 11 is 1.62. The molecular formula is C17H13N3O2S. The van der Waals surface area contributed by atoms with Crippen molar-refractivity contribution in [3.05, 3.63) is 58.2 Å². The van der Waals surface area contributed by atoms with Crippen molar-refractivity contribution in [3.63, 3.8) is 0 Å². The maximum atomic E-state index is 9.19. The van der Waals surface area contributed by atoms with E-state index in [1.54, 1.807) is 24.5 Å². The van der Waals surface area contributed by atoms with Gasteiger partial charge in [0.15, 0.2) is 0 Å². The fourth-order valence-electron chi connectivity index (χ4n) is 1.91. The van der Waals surface area contributed by atoms with Crippen LogP contribution in [0.4, 0.5) is 11.6 Å². The van der Waals surface area contributed by atoms with E-state index in [0.29, 0.717) is 11.8 Å². The number of nitrogens with one attached hydrogen (secondary N) is 1. The van der Waals surface area contributed by atoms with Gasteiger partial charge in [0.05, 0.1) is 7.11 Å². The lowest BCUT2D eigenvalue weighted by Gasteiger charge is -2.04. The van der Waals surface area contributed by atoms with Crippen LogP contribution >= 0.6 is 11.3 Å². The molecule has 2 aromatic heterocycles. The minimum absolute atomic E-state index is 0.214.